The molecule has 0 saturated carbocycles. The van der Waals surface area contributed by atoms with Gasteiger partial charge in [-0.1, -0.05) is 19.1 Å². The van der Waals surface area contributed by atoms with E-state index in [1.807, 2.05) is 60.0 Å². The summed E-state index contributed by atoms with van der Waals surface area (Å²) in [4.78, 5) is 12.3. The number of rotatable bonds is 8. The highest BCUT2D eigenvalue weighted by Gasteiger charge is 2.11. The molecule has 6 nitrogen and oxygen atoms in total. The molecule has 1 amide bonds. The number of carbonyl (C=O) groups excluding carboxylic acids is 1. The number of aryl methyl sites for hydroxylation is 1. The van der Waals surface area contributed by atoms with Crippen molar-refractivity contribution in [2.45, 2.75) is 33.2 Å². The first kappa shape index (κ1) is 19.8. The van der Waals surface area contributed by atoms with Crippen LogP contribution in [0.3, 0.4) is 0 Å². The fourth-order valence-electron chi connectivity index (χ4n) is 2.87. The minimum atomic E-state index is -0.0648. The van der Waals surface area contributed by atoms with Crippen molar-refractivity contribution >= 4 is 23.8 Å². The molecule has 2 aromatic carbocycles. The van der Waals surface area contributed by atoms with Crippen LogP contribution in [0.5, 0.6) is 5.75 Å². The fraction of sp³-hybridized carbons (Fsp3) is 0.286. The molecule has 0 unspecified atom stereocenters. The SMILES string of the molecule is CCOc1ccc(-c2n[nH]c(=S)n2CCC(=O)Nc2ccc(CC)cc2)cc1. The van der Waals surface area contributed by atoms with E-state index in [4.69, 9.17) is 17.0 Å². The molecule has 0 aliphatic rings. The molecule has 0 bridgehead atoms. The summed E-state index contributed by atoms with van der Waals surface area (Å²) in [6.45, 7) is 5.11. The molecular formula is C21H24N4O2S. The summed E-state index contributed by atoms with van der Waals surface area (Å²) < 4.78 is 7.80. The van der Waals surface area contributed by atoms with E-state index in [9.17, 15) is 4.79 Å². The van der Waals surface area contributed by atoms with E-state index in [1.165, 1.54) is 5.56 Å². The zero-order chi connectivity index (χ0) is 19.9. The molecule has 0 fully saturated rings. The number of H-pyrrole nitrogens is 1. The fourth-order valence-corrected chi connectivity index (χ4v) is 3.10. The van der Waals surface area contributed by atoms with Gasteiger partial charge in [0.1, 0.15) is 5.75 Å². The number of amides is 1. The third-order valence-corrected chi connectivity index (χ3v) is 4.70. The lowest BCUT2D eigenvalue weighted by Gasteiger charge is -2.09. The van der Waals surface area contributed by atoms with E-state index in [2.05, 4.69) is 22.4 Å². The van der Waals surface area contributed by atoms with Gasteiger partial charge in [-0.05, 0) is 67.5 Å². The van der Waals surface area contributed by atoms with Gasteiger partial charge in [0.25, 0.3) is 0 Å². The molecule has 2 N–H and O–H groups in total. The molecular weight excluding hydrogens is 372 g/mol. The second-order valence-corrected chi connectivity index (χ2v) is 6.70. The van der Waals surface area contributed by atoms with Crippen molar-refractivity contribution in [1.82, 2.24) is 14.8 Å². The maximum absolute atomic E-state index is 12.3. The summed E-state index contributed by atoms with van der Waals surface area (Å²) in [7, 11) is 0. The highest BCUT2D eigenvalue weighted by atomic mass is 32.1. The summed E-state index contributed by atoms with van der Waals surface area (Å²) in [6, 6.07) is 15.5. The normalized spacial score (nSPS) is 10.6. The molecule has 0 spiro atoms. The van der Waals surface area contributed by atoms with Gasteiger partial charge in [0, 0.05) is 24.2 Å². The number of nitrogens with one attached hydrogen (secondary N) is 2. The van der Waals surface area contributed by atoms with Crippen LogP contribution in [0, 0.1) is 4.77 Å². The Morgan fingerprint density at radius 1 is 1.14 bits per heavy atom. The number of nitrogens with zero attached hydrogens (tertiary/aromatic N) is 2. The Morgan fingerprint density at radius 2 is 1.86 bits per heavy atom. The lowest BCUT2D eigenvalue weighted by molar-refractivity contribution is -0.116. The highest BCUT2D eigenvalue weighted by Crippen LogP contribution is 2.21. The average molecular weight is 397 g/mol. The number of anilines is 1. The summed E-state index contributed by atoms with van der Waals surface area (Å²) in [5, 5.41) is 10.1. The molecule has 28 heavy (non-hydrogen) atoms. The van der Waals surface area contributed by atoms with Crippen LogP contribution >= 0.6 is 12.2 Å². The average Bonchev–Trinajstić information content (AvgIpc) is 3.08. The van der Waals surface area contributed by atoms with E-state index in [1.54, 1.807) is 0 Å². The predicted molar refractivity (Wildman–Crippen MR) is 113 cm³/mol. The van der Waals surface area contributed by atoms with E-state index in [0.29, 0.717) is 30.2 Å². The topological polar surface area (TPSA) is 71.9 Å². The monoisotopic (exact) mass is 396 g/mol. The molecule has 3 aromatic rings. The van der Waals surface area contributed by atoms with Crippen LogP contribution in [0.2, 0.25) is 0 Å². The van der Waals surface area contributed by atoms with Gasteiger partial charge in [0.05, 0.1) is 6.61 Å². The van der Waals surface area contributed by atoms with Crippen LogP contribution in [0.1, 0.15) is 25.8 Å². The van der Waals surface area contributed by atoms with Crippen molar-refractivity contribution in [1.29, 1.82) is 0 Å². The highest BCUT2D eigenvalue weighted by molar-refractivity contribution is 7.71. The Bertz CT molecular complexity index is 975. The molecule has 0 radical (unpaired) electrons. The predicted octanol–water partition coefficient (Wildman–Crippen LogP) is 4.60. The molecule has 146 valence electrons. The first-order valence-corrected chi connectivity index (χ1v) is 9.78. The van der Waals surface area contributed by atoms with E-state index < -0.39 is 0 Å². The van der Waals surface area contributed by atoms with Gasteiger partial charge in [-0.3, -0.25) is 14.5 Å². The van der Waals surface area contributed by atoms with Gasteiger partial charge in [-0.25, -0.2) is 0 Å². The molecule has 1 aromatic heterocycles. The second-order valence-electron chi connectivity index (χ2n) is 6.31. The van der Waals surface area contributed by atoms with E-state index >= 15 is 0 Å². The van der Waals surface area contributed by atoms with Gasteiger partial charge in [0.2, 0.25) is 5.91 Å². The van der Waals surface area contributed by atoms with Crippen LogP contribution < -0.4 is 10.1 Å². The Labute approximate surface area is 169 Å². The zero-order valence-electron chi connectivity index (χ0n) is 16.1. The van der Waals surface area contributed by atoms with Gasteiger partial charge >= 0.3 is 0 Å². The first-order valence-electron chi connectivity index (χ1n) is 9.38. The molecule has 7 heteroatoms. The van der Waals surface area contributed by atoms with Gasteiger partial charge in [-0.15, -0.1) is 0 Å². The standard InChI is InChI=1S/C21H24N4O2S/c1-3-15-5-9-17(10-6-15)22-19(26)13-14-25-20(23-24-21(25)28)16-7-11-18(12-8-16)27-4-2/h5-12H,3-4,13-14H2,1-2H3,(H,22,26)(H,24,28). The number of benzene rings is 2. The summed E-state index contributed by atoms with van der Waals surface area (Å²) in [5.74, 6) is 1.44. The summed E-state index contributed by atoms with van der Waals surface area (Å²) >= 11 is 5.34. The quantitative estimate of drug-likeness (QED) is 0.546. The van der Waals surface area contributed by atoms with Gasteiger partial charge < -0.3 is 10.1 Å². The molecule has 0 aliphatic heterocycles. The minimum absolute atomic E-state index is 0.0648. The summed E-state index contributed by atoms with van der Waals surface area (Å²) in [5.41, 5.74) is 2.94. The van der Waals surface area contributed by atoms with Crippen LogP contribution in [-0.2, 0) is 17.8 Å². The Hall–Kier alpha value is -2.93. The Morgan fingerprint density at radius 3 is 2.50 bits per heavy atom. The van der Waals surface area contributed by atoms with Crippen molar-refractivity contribution in [3.05, 3.63) is 58.9 Å². The van der Waals surface area contributed by atoms with Crippen molar-refractivity contribution in [2.24, 2.45) is 0 Å². The number of aromatic amines is 1. The second kappa shape index (κ2) is 9.32. The number of aromatic nitrogens is 3. The van der Waals surface area contributed by atoms with Gasteiger partial charge in [0.15, 0.2) is 10.6 Å². The lowest BCUT2D eigenvalue weighted by atomic mass is 10.1. The zero-order valence-corrected chi connectivity index (χ0v) is 16.9. The summed E-state index contributed by atoms with van der Waals surface area (Å²) in [6.07, 6.45) is 1.27. The maximum atomic E-state index is 12.3. The smallest absolute Gasteiger partial charge is 0.226 e. The number of carbonyl (C=O) groups is 1. The van der Waals surface area contributed by atoms with Crippen molar-refractivity contribution in [3.63, 3.8) is 0 Å². The lowest BCUT2D eigenvalue weighted by Crippen LogP contribution is -2.15. The molecule has 0 saturated heterocycles. The van der Waals surface area contributed by atoms with Crippen molar-refractivity contribution < 1.29 is 9.53 Å². The van der Waals surface area contributed by atoms with Crippen LogP contribution in [0.4, 0.5) is 5.69 Å². The minimum Gasteiger partial charge on any atom is -0.494 e. The van der Waals surface area contributed by atoms with Gasteiger partial charge in [-0.2, -0.15) is 5.10 Å². The van der Waals surface area contributed by atoms with Crippen LogP contribution in [0.15, 0.2) is 48.5 Å². The van der Waals surface area contributed by atoms with Crippen molar-refractivity contribution in [3.8, 4) is 17.1 Å². The molecule has 0 atom stereocenters. The van der Waals surface area contributed by atoms with E-state index in [-0.39, 0.29) is 5.91 Å². The third-order valence-electron chi connectivity index (χ3n) is 4.39. The number of hydrogen-bond donors (Lipinski definition) is 2. The van der Waals surface area contributed by atoms with Crippen LogP contribution in [0.25, 0.3) is 11.4 Å². The number of ether oxygens (including phenoxy) is 1. The molecule has 3 rings (SSSR count). The van der Waals surface area contributed by atoms with Crippen molar-refractivity contribution in [2.75, 3.05) is 11.9 Å². The maximum Gasteiger partial charge on any atom is 0.226 e. The third kappa shape index (κ3) is 4.86. The first-order chi connectivity index (χ1) is 13.6. The van der Waals surface area contributed by atoms with E-state index in [0.717, 1.165) is 23.4 Å². The van der Waals surface area contributed by atoms with Crippen LogP contribution in [-0.4, -0.2) is 27.3 Å². The largest absolute Gasteiger partial charge is 0.494 e. The Kier molecular flexibility index (Phi) is 6.60. The number of hydrogen-bond acceptors (Lipinski definition) is 4. The Balaban J connectivity index is 1.66. The molecule has 0 aliphatic carbocycles. The molecule has 1 heterocycles.